The summed E-state index contributed by atoms with van der Waals surface area (Å²) in [5.74, 6) is -1.79. The molecule has 2 amide bonds. The summed E-state index contributed by atoms with van der Waals surface area (Å²) in [7, 11) is 5.85. The van der Waals surface area contributed by atoms with Gasteiger partial charge >= 0.3 is 18.0 Å². The van der Waals surface area contributed by atoms with Gasteiger partial charge in [-0.15, -0.1) is 0 Å². The Balaban J connectivity index is 1.62. The number of carbonyl (C=O) groups is 2. The number of amides is 2. The van der Waals surface area contributed by atoms with E-state index in [0.717, 1.165) is 49.2 Å². The quantitative estimate of drug-likeness (QED) is 0.688. The fourth-order valence-corrected chi connectivity index (χ4v) is 3.81. The van der Waals surface area contributed by atoms with E-state index in [-0.39, 0.29) is 18.3 Å². The number of rotatable bonds is 5. The van der Waals surface area contributed by atoms with Gasteiger partial charge in [-0.25, -0.2) is 0 Å². The van der Waals surface area contributed by atoms with Gasteiger partial charge in [0.25, 0.3) is 0 Å². The van der Waals surface area contributed by atoms with Crippen molar-refractivity contribution in [1.29, 1.82) is 0 Å². The molecule has 2 aromatic carbocycles. The predicted octanol–water partition coefficient (Wildman–Crippen LogP) is 3.45. The van der Waals surface area contributed by atoms with E-state index in [2.05, 4.69) is 34.7 Å². The first-order valence-electron chi connectivity index (χ1n) is 10.3. The fourth-order valence-electron chi connectivity index (χ4n) is 3.81. The molecule has 0 radical (unpaired) electrons. The number of carbonyl (C=O) groups excluding carboxylic acids is 2. The Morgan fingerprint density at radius 3 is 2.41 bits per heavy atom. The van der Waals surface area contributed by atoms with Crippen LogP contribution in [0, 0.1) is 0 Å². The second kappa shape index (κ2) is 9.60. The number of alkyl halides is 3. The molecule has 1 heterocycles. The third-order valence-electron chi connectivity index (χ3n) is 5.59. The molecule has 2 N–H and O–H groups in total. The summed E-state index contributed by atoms with van der Waals surface area (Å²) >= 11 is 0. The van der Waals surface area contributed by atoms with Gasteiger partial charge in [-0.3, -0.25) is 9.59 Å². The van der Waals surface area contributed by atoms with Crippen LogP contribution in [0.15, 0.2) is 42.5 Å². The van der Waals surface area contributed by atoms with Crippen LogP contribution < -0.4 is 15.5 Å². The second-order valence-electron chi connectivity index (χ2n) is 8.13. The number of aryl methyl sites for hydroxylation is 1. The molecule has 0 unspecified atom stereocenters. The zero-order valence-corrected chi connectivity index (χ0v) is 18.3. The van der Waals surface area contributed by atoms with Gasteiger partial charge < -0.3 is 20.4 Å². The molecule has 1 aliphatic rings. The van der Waals surface area contributed by atoms with Crippen molar-refractivity contribution in [2.24, 2.45) is 0 Å². The van der Waals surface area contributed by atoms with Crippen LogP contribution in [0.1, 0.15) is 29.2 Å². The molecule has 0 aromatic heterocycles. The van der Waals surface area contributed by atoms with Gasteiger partial charge in [0.1, 0.15) is 0 Å². The van der Waals surface area contributed by atoms with Gasteiger partial charge in [-0.1, -0.05) is 12.1 Å². The Labute approximate surface area is 185 Å². The number of halogens is 3. The molecule has 9 heteroatoms. The van der Waals surface area contributed by atoms with E-state index in [4.69, 9.17) is 0 Å². The van der Waals surface area contributed by atoms with Gasteiger partial charge in [0, 0.05) is 31.5 Å². The lowest BCUT2D eigenvalue weighted by Crippen LogP contribution is -2.40. The first-order valence-corrected chi connectivity index (χ1v) is 10.3. The Kier molecular flexibility index (Phi) is 7.08. The maximum Gasteiger partial charge on any atom is 0.416 e. The Bertz CT molecular complexity index is 974. The average molecular weight is 448 g/mol. The number of hydrogen-bond acceptors (Lipinski definition) is 4. The molecule has 32 heavy (non-hydrogen) atoms. The number of hydrogen-bond donors (Lipinski definition) is 2. The van der Waals surface area contributed by atoms with E-state index in [1.54, 1.807) is 0 Å². The molecule has 2 aromatic rings. The second-order valence-corrected chi connectivity index (χ2v) is 8.13. The van der Waals surface area contributed by atoms with Crippen molar-refractivity contribution in [1.82, 2.24) is 10.2 Å². The molecule has 6 nitrogen and oxygen atoms in total. The summed E-state index contributed by atoms with van der Waals surface area (Å²) in [5.41, 5.74) is 2.78. The highest BCUT2D eigenvalue weighted by atomic mass is 19.4. The van der Waals surface area contributed by atoms with Crippen molar-refractivity contribution in [3.8, 4) is 0 Å². The minimum atomic E-state index is -4.47. The van der Waals surface area contributed by atoms with E-state index in [0.29, 0.717) is 0 Å². The zero-order chi connectivity index (χ0) is 23.5. The van der Waals surface area contributed by atoms with E-state index in [9.17, 15) is 22.8 Å². The minimum Gasteiger partial charge on any atom is -0.374 e. The molecular formula is C23H27F3N4O2. The molecule has 0 saturated heterocycles. The maximum atomic E-state index is 12.6. The van der Waals surface area contributed by atoms with Gasteiger partial charge in [0.05, 0.1) is 11.6 Å². The summed E-state index contributed by atoms with van der Waals surface area (Å²) in [6, 6.07) is 10.0. The van der Waals surface area contributed by atoms with Crippen molar-refractivity contribution in [3.05, 3.63) is 59.2 Å². The molecule has 0 saturated carbocycles. The summed E-state index contributed by atoms with van der Waals surface area (Å²) in [6.07, 6.45) is -2.39. The number of nitrogens with zero attached hydrogens (tertiary/aromatic N) is 2. The lowest BCUT2D eigenvalue weighted by Gasteiger charge is -2.30. The third-order valence-corrected chi connectivity index (χ3v) is 5.59. The molecule has 0 aliphatic carbocycles. The van der Waals surface area contributed by atoms with Gasteiger partial charge in [-0.2, -0.15) is 13.2 Å². The predicted molar refractivity (Wildman–Crippen MR) is 118 cm³/mol. The number of fused-ring (bicyclic) bond motifs is 1. The van der Waals surface area contributed by atoms with Crippen LogP contribution in [0.4, 0.5) is 24.5 Å². The Morgan fingerprint density at radius 2 is 1.78 bits per heavy atom. The number of benzene rings is 2. The van der Waals surface area contributed by atoms with Crippen LogP contribution in [-0.2, 0) is 22.2 Å². The summed E-state index contributed by atoms with van der Waals surface area (Å²) in [4.78, 5) is 28.6. The van der Waals surface area contributed by atoms with E-state index in [1.165, 1.54) is 11.3 Å². The number of likely N-dealkylation sites (N-methyl/N-ethyl adjacent to an activating group) is 1. The molecular weight excluding hydrogens is 421 g/mol. The van der Waals surface area contributed by atoms with Crippen molar-refractivity contribution in [2.75, 3.05) is 44.4 Å². The van der Waals surface area contributed by atoms with Crippen LogP contribution in [0.25, 0.3) is 0 Å². The van der Waals surface area contributed by atoms with Gasteiger partial charge in [0.15, 0.2) is 0 Å². The Hall–Kier alpha value is -3.07. The summed E-state index contributed by atoms with van der Waals surface area (Å²) in [5, 5.41) is 4.95. The number of nitrogens with one attached hydrogen (secondary N) is 2. The highest BCUT2D eigenvalue weighted by molar-refractivity contribution is 6.39. The van der Waals surface area contributed by atoms with E-state index in [1.807, 2.05) is 25.1 Å². The first-order chi connectivity index (χ1) is 15.1. The van der Waals surface area contributed by atoms with Gasteiger partial charge in [-0.05, 0) is 68.4 Å². The van der Waals surface area contributed by atoms with E-state index >= 15 is 0 Å². The van der Waals surface area contributed by atoms with Crippen molar-refractivity contribution in [2.45, 2.75) is 25.1 Å². The number of anilines is 2. The first kappa shape index (κ1) is 23.6. The average Bonchev–Trinajstić information content (AvgIpc) is 2.73. The van der Waals surface area contributed by atoms with Crippen LogP contribution in [0.2, 0.25) is 0 Å². The topological polar surface area (TPSA) is 64.7 Å². The van der Waals surface area contributed by atoms with Gasteiger partial charge in [0.2, 0.25) is 0 Å². The molecule has 1 atom stereocenters. The van der Waals surface area contributed by atoms with Crippen molar-refractivity contribution in [3.63, 3.8) is 0 Å². The lowest BCUT2D eigenvalue weighted by molar-refractivity contribution is -0.137. The highest BCUT2D eigenvalue weighted by Gasteiger charge is 2.30. The smallest absolute Gasteiger partial charge is 0.374 e. The highest BCUT2D eigenvalue weighted by Crippen LogP contribution is 2.31. The SMILES string of the molecule is CN1CCCc2cc([C@@H](CNC(=O)C(=O)Nc3ccc(C(F)(F)F)cc3)N(C)C)ccc21. The normalized spacial score (nSPS) is 14.7. The zero-order valence-electron chi connectivity index (χ0n) is 18.3. The lowest BCUT2D eigenvalue weighted by atomic mass is 9.96. The van der Waals surface area contributed by atoms with Crippen LogP contribution in [0.5, 0.6) is 0 Å². The summed E-state index contributed by atoms with van der Waals surface area (Å²) < 4.78 is 37.9. The maximum absolute atomic E-state index is 12.6. The molecule has 0 spiro atoms. The third kappa shape index (κ3) is 5.59. The van der Waals surface area contributed by atoms with Crippen LogP contribution >= 0.6 is 0 Å². The standard InChI is InChI=1S/C23H27F3N4O2/c1-29(2)20(16-6-11-19-15(13-16)5-4-12-30(19)3)14-27-21(31)22(32)28-18-9-7-17(8-10-18)23(24,25)26/h6-11,13,20H,4-5,12,14H2,1-3H3,(H,27,31)(H,28,32)/t20-/m1/s1. The van der Waals surface area contributed by atoms with E-state index < -0.39 is 23.6 Å². The van der Waals surface area contributed by atoms with Crippen LogP contribution in [-0.4, -0.2) is 50.9 Å². The minimum absolute atomic E-state index is 0.112. The molecule has 0 bridgehead atoms. The van der Waals surface area contributed by atoms with Crippen molar-refractivity contribution < 1.29 is 22.8 Å². The monoisotopic (exact) mass is 448 g/mol. The van der Waals surface area contributed by atoms with Crippen LogP contribution in [0.3, 0.4) is 0 Å². The Morgan fingerprint density at radius 1 is 1.09 bits per heavy atom. The molecule has 0 fully saturated rings. The van der Waals surface area contributed by atoms with Crippen molar-refractivity contribution >= 4 is 23.2 Å². The largest absolute Gasteiger partial charge is 0.416 e. The summed E-state index contributed by atoms with van der Waals surface area (Å²) in [6.45, 7) is 1.23. The molecule has 172 valence electrons. The molecule has 3 rings (SSSR count). The fraction of sp³-hybridized carbons (Fsp3) is 0.391. The molecule has 1 aliphatic heterocycles.